The second kappa shape index (κ2) is 2.37. The van der Waals surface area contributed by atoms with E-state index in [1.165, 1.54) is 23.3 Å². The van der Waals surface area contributed by atoms with Crippen molar-refractivity contribution in [3.63, 3.8) is 0 Å². The van der Waals surface area contributed by atoms with E-state index in [1.54, 1.807) is 0 Å². The number of azo groups is 1. The Morgan fingerprint density at radius 2 is 2.17 bits per heavy atom. The van der Waals surface area contributed by atoms with Crippen LogP contribution >= 0.6 is 0 Å². The van der Waals surface area contributed by atoms with Crippen molar-refractivity contribution >= 4 is 0 Å². The molecule has 12 heavy (non-hydrogen) atoms. The molecule has 2 heterocycles. The summed E-state index contributed by atoms with van der Waals surface area (Å²) in [6, 6.07) is 0. The summed E-state index contributed by atoms with van der Waals surface area (Å²) in [6.45, 7) is 0.242. The van der Waals surface area contributed by atoms with Gasteiger partial charge in [0.1, 0.15) is 18.1 Å². The molecule has 62 valence electrons. The summed E-state index contributed by atoms with van der Waals surface area (Å²) >= 11 is 0. The molecule has 2 N–H and O–H groups in total. The van der Waals surface area contributed by atoms with Crippen molar-refractivity contribution in [3.8, 4) is 0 Å². The molecule has 0 bridgehead atoms. The number of fused-ring (bicyclic) bond motifs is 1. The molecular weight excluding hydrogens is 158 g/mol. The Hall–Kier alpha value is -1.78. The smallest absolute Gasteiger partial charge is 0.193 e. The van der Waals surface area contributed by atoms with Gasteiger partial charge in [0.25, 0.3) is 0 Å². The lowest BCUT2D eigenvalue weighted by atomic mass is 10.2. The largest absolute Gasteiger partial charge is 0.506 e. The first-order chi connectivity index (χ1) is 5.79. The van der Waals surface area contributed by atoms with Gasteiger partial charge in [-0.05, 0) is 6.08 Å². The van der Waals surface area contributed by atoms with Crippen molar-refractivity contribution in [1.29, 1.82) is 0 Å². The number of aliphatic hydroxyl groups is 2. The van der Waals surface area contributed by atoms with Gasteiger partial charge in [-0.25, -0.2) is 0 Å². The van der Waals surface area contributed by atoms with E-state index in [0.29, 0.717) is 5.70 Å². The van der Waals surface area contributed by atoms with Crippen LogP contribution in [0.3, 0.4) is 0 Å². The molecule has 0 amide bonds. The molecular formula is C7H7N3O2. The van der Waals surface area contributed by atoms with Gasteiger partial charge in [-0.1, -0.05) is 0 Å². The molecule has 0 aromatic rings. The number of rotatable bonds is 0. The summed E-state index contributed by atoms with van der Waals surface area (Å²) in [5.74, 6) is 0.157. The van der Waals surface area contributed by atoms with E-state index in [2.05, 4.69) is 10.2 Å². The predicted octanol–water partition coefficient (Wildman–Crippen LogP) is 1.41. The van der Waals surface area contributed by atoms with Gasteiger partial charge >= 0.3 is 0 Å². The Morgan fingerprint density at radius 3 is 2.92 bits per heavy atom. The van der Waals surface area contributed by atoms with Crippen molar-refractivity contribution in [2.45, 2.75) is 0 Å². The van der Waals surface area contributed by atoms with E-state index in [0.717, 1.165) is 0 Å². The topological polar surface area (TPSA) is 68.4 Å². The minimum absolute atomic E-state index is 0.0673. The second-order valence-electron chi connectivity index (χ2n) is 2.42. The SMILES string of the molecule is OC1=CC=C(O)N2CN=NC=C12. The van der Waals surface area contributed by atoms with Crippen molar-refractivity contribution in [1.82, 2.24) is 4.90 Å². The number of hydrogen-bond donors (Lipinski definition) is 2. The van der Waals surface area contributed by atoms with Crippen LogP contribution in [-0.2, 0) is 0 Å². The van der Waals surface area contributed by atoms with Crippen LogP contribution in [0, 0.1) is 0 Å². The van der Waals surface area contributed by atoms with Gasteiger partial charge in [-0.15, -0.1) is 0 Å². The molecule has 0 aromatic carbocycles. The fraction of sp³-hybridized carbons (Fsp3) is 0.143. The van der Waals surface area contributed by atoms with Gasteiger partial charge in [0.05, 0.1) is 6.20 Å². The van der Waals surface area contributed by atoms with Crippen LogP contribution in [0.25, 0.3) is 0 Å². The predicted molar refractivity (Wildman–Crippen MR) is 41.1 cm³/mol. The molecule has 0 unspecified atom stereocenters. The molecule has 0 fully saturated rings. The molecule has 0 aliphatic carbocycles. The molecule has 0 saturated carbocycles. The van der Waals surface area contributed by atoms with E-state index in [1.807, 2.05) is 0 Å². The molecule has 5 heteroatoms. The first-order valence-electron chi connectivity index (χ1n) is 3.43. The highest BCUT2D eigenvalue weighted by Crippen LogP contribution is 2.24. The average Bonchev–Trinajstić information content (AvgIpc) is 2.12. The summed E-state index contributed by atoms with van der Waals surface area (Å²) in [4.78, 5) is 1.46. The van der Waals surface area contributed by atoms with E-state index in [9.17, 15) is 10.2 Å². The highest BCUT2D eigenvalue weighted by Gasteiger charge is 2.21. The monoisotopic (exact) mass is 165 g/mol. The fourth-order valence-corrected chi connectivity index (χ4v) is 1.07. The summed E-state index contributed by atoms with van der Waals surface area (Å²) in [6.07, 6.45) is 4.23. The first-order valence-corrected chi connectivity index (χ1v) is 3.43. The minimum atomic E-state index is 0.0673. The Balaban J connectivity index is 2.44. The molecule has 0 saturated heterocycles. The van der Waals surface area contributed by atoms with Crippen LogP contribution < -0.4 is 0 Å². The molecule has 2 aliphatic heterocycles. The summed E-state index contributed by atoms with van der Waals surface area (Å²) in [5, 5.41) is 25.9. The van der Waals surface area contributed by atoms with Crippen molar-refractivity contribution in [2.75, 3.05) is 6.67 Å². The van der Waals surface area contributed by atoms with Crippen LogP contribution in [0.15, 0.2) is 45.9 Å². The van der Waals surface area contributed by atoms with Crippen LogP contribution in [0.5, 0.6) is 0 Å². The maximum absolute atomic E-state index is 9.32. The molecule has 0 radical (unpaired) electrons. The molecule has 0 atom stereocenters. The third-order valence-electron chi connectivity index (χ3n) is 1.69. The number of hydrogen-bond acceptors (Lipinski definition) is 5. The van der Waals surface area contributed by atoms with E-state index in [-0.39, 0.29) is 18.3 Å². The van der Waals surface area contributed by atoms with Gasteiger partial charge in [-0.3, -0.25) is 4.90 Å². The summed E-state index contributed by atoms with van der Waals surface area (Å²) < 4.78 is 0. The zero-order chi connectivity index (χ0) is 8.55. The zero-order valence-electron chi connectivity index (χ0n) is 6.18. The van der Waals surface area contributed by atoms with Gasteiger partial charge in [0.15, 0.2) is 5.88 Å². The van der Waals surface area contributed by atoms with Crippen LogP contribution in [0.2, 0.25) is 0 Å². The summed E-state index contributed by atoms with van der Waals surface area (Å²) in [7, 11) is 0. The van der Waals surface area contributed by atoms with E-state index in [4.69, 9.17) is 0 Å². The van der Waals surface area contributed by atoms with Crippen molar-refractivity contribution < 1.29 is 10.2 Å². The molecule has 0 spiro atoms. The normalized spacial score (nSPS) is 21.0. The quantitative estimate of drug-likeness (QED) is 0.570. The first kappa shape index (κ1) is 6.90. The van der Waals surface area contributed by atoms with Gasteiger partial charge in [0.2, 0.25) is 0 Å². The van der Waals surface area contributed by atoms with E-state index < -0.39 is 0 Å². The average molecular weight is 165 g/mol. The number of aliphatic hydroxyl groups excluding tert-OH is 2. The lowest BCUT2D eigenvalue weighted by molar-refractivity contribution is 0.219. The Labute approximate surface area is 68.6 Å². The second-order valence-corrected chi connectivity index (χ2v) is 2.42. The maximum Gasteiger partial charge on any atom is 0.193 e. The van der Waals surface area contributed by atoms with Crippen LogP contribution in [0.1, 0.15) is 0 Å². The van der Waals surface area contributed by atoms with Gasteiger partial charge in [0, 0.05) is 6.08 Å². The van der Waals surface area contributed by atoms with Crippen molar-refractivity contribution in [3.05, 3.63) is 35.7 Å². The Kier molecular flexibility index (Phi) is 1.36. The zero-order valence-corrected chi connectivity index (χ0v) is 6.18. The Morgan fingerprint density at radius 1 is 1.33 bits per heavy atom. The molecule has 2 aliphatic rings. The fourth-order valence-electron chi connectivity index (χ4n) is 1.07. The minimum Gasteiger partial charge on any atom is -0.506 e. The van der Waals surface area contributed by atoms with Crippen LogP contribution in [-0.4, -0.2) is 21.8 Å². The third kappa shape index (κ3) is 0.868. The van der Waals surface area contributed by atoms with Crippen LogP contribution in [0.4, 0.5) is 0 Å². The molecule has 0 aromatic heterocycles. The highest BCUT2D eigenvalue weighted by molar-refractivity contribution is 5.34. The lowest BCUT2D eigenvalue weighted by Gasteiger charge is -2.26. The van der Waals surface area contributed by atoms with Gasteiger partial charge in [-0.2, -0.15) is 10.2 Å². The number of nitrogens with zero attached hydrogens (tertiary/aromatic N) is 3. The van der Waals surface area contributed by atoms with E-state index >= 15 is 0 Å². The lowest BCUT2D eigenvalue weighted by Crippen LogP contribution is -2.27. The standard InChI is InChI=1S/C7H7N3O2/c11-6-1-2-7(12)10-4-9-8-3-5(6)10/h1-3,11-12H,4H2. The highest BCUT2D eigenvalue weighted by atomic mass is 16.3. The van der Waals surface area contributed by atoms with Crippen molar-refractivity contribution in [2.24, 2.45) is 10.2 Å². The third-order valence-corrected chi connectivity index (χ3v) is 1.69. The maximum atomic E-state index is 9.32. The summed E-state index contributed by atoms with van der Waals surface area (Å²) in [5.41, 5.74) is 0.477. The Bertz CT molecular complexity index is 328. The van der Waals surface area contributed by atoms with Gasteiger partial charge < -0.3 is 10.2 Å². The molecule has 5 nitrogen and oxygen atoms in total. The molecule has 2 rings (SSSR count). The number of allylic oxidation sites excluding steroid dienone is 2.